The van der Waals surface area contributed by atoms with Gasteiger partial charge in [-0.1, -0.05) is 6.92 Å². The summed E-state index contributed by atoms with van der Waals surface area (Å²) in [7, 11) is 0. The van der Waals surface area contributed by atoms with Crippen molar-refractivity contribution in [2.75, 3.05) is 26.2 Å². The van der Waals surface area contributed by atoms with E-state index in [1.54, 1.807) is 0 Å². The van der Waals surface area contributed by atoms with Crippen LogP contribution in [-0.4, -0.2) is 59.4 Å². The fraction of sp³-hybridized carbons (Fsp3) is 0.923. The predicted octanol–water partition coefficient (Wildman–Crippen LogP) is 2.63. The molecule has 0 atom stereocenters. The summed E-state index contributed by atoms with van der Waals surface area (Å²) in [6.45, 7) is 6.41. The van der Waals surface area contributed by atoms with Gasteiger partial charge in [0.15, 0.2) is 0 Å². The van der Waals surface area contributed by atoms with Crippen molar-refractivity contribution in [2.24, 2.45) is 0 Å². The molecule has 0 aromatic rings. The lowest BCUT2D eigenvalue weighted by atomic mass is 9.83. The summed E-state index contributed by atoms with van der Waals surface area (Å²) < 4.78 is 42.2. The van der Waals surface area contributed by atoms with Gasteiger partial charge in [-0.05, 0) is 20.3 Å². The standard InChI is InChI=1S/C13H21F3N2O2/c1-4-11(2,3)18-7-12(8-18)5-6-17(10(19)20-12)9-13(14,15)16/h4-9H2,1-3H3. The Morgan fingerprint density at radius 3 is 2.35 bits per heavy atom. The molecule has 0 unspecified atom stereocenters. The number of carbonyl (C=O) groups excluding carboxylic acids is 1. The minimum atomic E-state index is -4.38. The Morgan fingerprint density at radius 2 is 1.90 bits per heavy atom. The smallest absolute Gasteiger partial charge is 0.410 e. The maximum atomic E-state index is 12.3. The van der Waals surface area contributed by atoms with E-state index in [0.29, 0.717) is 19.5 Å². The Balaban J connectivity index is 1.90. The monoisotopic (exact) mass is 294 g/mol. The molecule has 20 heavy (non-hydrogen) atoms. The third kappa shape index (κ3) is 3.02. The van der Waals surface area contributed by atoms with Crippen LogP contribution in [0, 0.1) is 0 Å². The Hall–Kier alpha value is -0.980. The van der Waals surface area contributed by atoms with Gasteiger partial charge in [-0.2, -0.15) is 13.2 Å². The molecule has 0 radical (unpaired) electrons. The highest BCUT2D eigenvalue weighted by Crippen LogP contribution is 2.38. The van der Waals surface area contributed by atoms with Gasteiger partial charge in [0.25, 0.3) is 0 Å². The molecule has 2 aliphatic rings. The average molecular weight is 294 g/mol. The molecule has 7 heteroatoms. The summed E-state index contributed by atoms with van der Waals surface area (Å²) in [6.07, 6.45) is -3.79. The van der Waals surface area contributed by atoms with Crippen LogP contribution in [0.15, 0.2) is 0 Å². The fourth-order valence-electron chi connectivity index (χ4n) is 2.61. The second-order valence-corrected chi connectivity index (χ2v) is 6.36. The molecular weight excluding hydrogens is 273 g/mol. The van der Waals surface area contributed by atoms with Crippen molar-refractivity contribution in [2.45, 2.75) is 50.9 Å². The quantitative estimate of drug-likeness (QED) is 0.802. The lowest BCUT2D eigenvalue weighted by Crippen LogP contribution is -2.71. The molecule has 0 saturated carbocycles. The van der Waals surface area contributed by atoms with Gasteiger partial charge in [0.2, 0.25) is 0 Å². The van der Waals surface area contributed by atoms with Crippen molar-refractivity contribution in [3.8, 4) is 0 Å². The molecule has 1 amide bonds. The first-order chi connectivity index (χ1) is 9.07. The van der Waals surface area contributed by atoms with E-state index in [2.05, 4.69) is 25.7 Å². The molecule has 1 spiro atoms. The van der Waals surface area contributed by atoms with Gasteiger partial charge in [-0.25, -0.2) is 4.79 Å². The minimum Gasteiger partial charge on any atom is -0.440 e. The number of hydrogen-bond donors (Lipinski definition) is 0. The SMILES string of the molecule is CCC(C)(C)N1CC2(CCN(CC(F)(F)F)C(=O)O2)C1. The maximum Gasteiger partial charge on any atom is 0.410 e. The van der Waals surface area contributed by atoms with Gasteiger partial charge in [0.1, 0.15) is 12.1 Å². The third-order valence-electron chi connectivity index (χ3n) is 4.45. The zero-order valence-corrected chi connectivity index (χ0v) is 12.1. The van der Waals surface area contributed by atoms with Crippen molar-refractivity contribution < 1.29 is 22.7 Å². The summed E-state index contributed by atoms with van der Waals surface area (Å²) in [5.74, 6) is 0. The van der Waals surface area contributed by atoms with E-state index >= 15 is 0 Å². The molecule has 2 fully saturated rings. The summed E-state index contributed by atoms with van der Waals surface area (Å²) in [5.41, 5.74) is -0.549. The van der Waals surface area contributed by atoms with Gasteiger partial charge >= 0.3 is 12.3 Å². The van der Waals surface area contributed by atoms with Crippen molar-refractivity contribution in [1.29, 1.82) is 0 Å². The van der Waals surface area contributed by atoms with Crippen LogP contribution in [0.4, 0.5) is 18.0 Å². The van der Waals surface area contributed by atoms with E-state index in [1.165, 1.54) is 0 Å². The lowest BCUT2D eigenvalue weighted by Gasteiger charge is -2.57. The number of nitrogens with zero attached hydrogens (tertiary/aromatic N) is 2. The van der Waals surface area contributed by atoms with E-state index in [4.69, 9.17) is 4.74 Å². The first-order valence-electron chi connectivity index (χ1n) is 6.87. The first-order valence-corrected chi connectivity index (χ1v) is 6.87. The topological polar surface area (TPSA) is 32.8 Å². The van der Waals surface area contributed by atoms with E-state index in [-0.39, 0.29) is 12.1 Å². The highest BCUT2D eigenvalue weighted by Gasteiger charge is 2.53. The Labute approximate surface area is 116 Å². The van der Waals surface area contributed by atoms with Crippen LogP contribution in [0.3, 0.4) is 0 Å². The zero-order chi connectivity index (χ0) is 15.2. The number of rotatable bonds is 3. The summed E-state index contributed by atoms with van der Waals surface area (Å²) >= 11 is 0. The maximum absolute atomic E-state index is 12.3. The van der Waals surface area contributed by atoms with E-state index in [0.717, 1.165) is 11.3 Å². The number of amides is 1. The fourth-order valence-corrected chi connectivity index (χ4v) is 2.61. The van der Waals surface area contributed by atoms with Crippen LogP contribution in [0.25, 0.3) is 0 Å². The van der Waals surface area contributed by atoms with Crippen molar-refractivity contribution in [3.05, 3.63) is 0 Å². The van der Waals surface area contributed by atoms with Crippen LogP contribution in [0.1, 0.15) is 33.6 Å². The molecule has 2 saturated heterocycles. The molecule has 0 bridgehead atoms. The summed E-state index contributed by atoms with van der Waals surface area (Å²) in [6, 6.07) is 0. The predicted molar refractivity (Wildman–Crippen MR) is 67.4 cm³/mol. The van der Waals surface area contributed by atoms with Gasteiger partial charge < -0.3 is 4.74 Å². The summed E-state index contributed by atoms with van der Waals surface area (Å²) in [5, 5.41) is 0. The van der Waals surface area contributed by atoms with Gasteiger partial charge in [-0.15, -0.1) is 0 Å². The average Bonchev–Trinajstić information content (AvgIpc) is 2.27. The first kappa shape index (κ1) is 15.4. The molecular formula is C13H21F3N2O2. The molecule has 2 aliphatic heterocycles. The molecule has 2 rings (SSSR count). The number of carbonyl (C=O) groups is 1. The minimum absolute atomic E-state index is 0.0285. The normalized spacial score (nSPS) is 23.7. The van der Waals surface area contributed by atoms with Gasteiger partial charge in [0, 0.05) is 31.6 Å². The summed E-state index contributed by atoms with van der Waals surface area (Å²) in [4.78, 5) is 14.6. The third-order valence-corrected chi connectivity index (χ3v) is 4.45. The van der Waals surface area contributed by atoms with E-state index in [1.807, 2.05) is 0 Å². The Bertz CT molecular complexity index is 390. The van der Waals surface area contributed by atoms with Crippen LogP contribution >= 0.6 is 0 Å². The molecule has 0 N–H and O–H groups in total. The van der Waals surface area contributed by atoms with Crippen molar-refractivity contribution >= 4 is 6.09 Å². The van der Waals surface area contributed by atoms with Crippen LogP contribution in [0.5, 0.6) is 0 Å². The Morgan fingerprint density at radius 1 is 1.30 bits per heavy atom. The van der Waals surface area contributed by atoms with Crippen molar-refractivity contribution in [3.63, 3.8) is 0 Å². The number of likely N-dealkylation sites (tertiary alicyclic amines) is 1. The van der Waals surface area contributed by atoms with Crippen LogP contribution in [-0.2, 0) is 4.74 Å². The van der Waals surface area contributed by atoms with Gasteiger partial charge in [-0.3, -0.25) is 9.80 Å². The highest BCUT2D eigenvalue weighted by atomic mass is 19.4. The largest absolute Gasteiger partial charge is 0.440 e. The Kier molecular flexibility index (Phi) is 3.69. The number of ether oxygens (including phenoxy) is 1. The lowest BCUT2D eigenvalue weighted by molar-refractivity contribution is -0.184. The molecule has 2 heterocycles. The molecule has 4 nitrogen and oxygen atoms in total. The number of alkyl halides is 3. The number of hydrogen-bond acceptors (Lipinski definition) is 3. The highest BCUT2D eigenvalue weighted by molar-refractivity contribution is 5.69. The molecule has 0 aromatic heterocycles. The van der Waals surface area contributed by atoms with Crippen molar-refractivity contribution in [1.82, 2.24) is 9.80 Å². The van der Waals surface area contributed by atoms with E-state index in [9.17, 15) is 18.0 Å². The number of halogens is 3. The van der Waals surface area contributed by atoms with Gasteiger partial charge in [0.05, 0.1) is 0 Å². The van der Waals surface area contributed by atoms with Crippen LogP contribution in [0.2, 0.25) is 0 Å². The molecule has 0 aromatic carbocycles. The van der Waals surface area contributed by atoms with Crippen LogP contribution < -0.4 is 0 Å². The second kappa shape index (κ2) is 4.79. The zero-order valence-electron chi connectivity index (χ0n) is 12.1. The molecule has 116 valence electrons. The second-order valence-electron chi connectivity index (χ2n) is 6.36. The molecule has 0 aliphatic carbocycles. The van der Waals surface area contributed by atoms with E-state index < -0.39 is 24.4 Å².